The van der Waals surface area contributed by atoms with Gasteiger partial charge in [0.15, 0.2) is 0 Å². The smallest absolute Gasteiger partial charge is 0.119 e. The number of hydrogen-bond acceptors (Lipinski definition) is 3. The van der Waals surface area contributed by atoms with Gasteiger partial charge in [0.05, 0.1) is 6.61 Å². The van der Waals surface area contributed by atoms with Crippen LogP contribution in [0.25, 0.3) is 0 Å². The van der Waals surface area contributed by atoms with E-state index in [0.29, 0.717) is 17.3 Å². The van der Waals surface area contributed by atoms with Gasteiger partial charge in [0.2, 0.25) is 0 Å². The van der Waals surface area contributed by atoms with Crippen LogP contribution in [0.4, 0.5) is 5.69 Å². The summed E-state index contributed by atoms with van der Waals surface area (Å²) in [5.41, 5.74) is 5.54. The van der Waals surface area contributed by atoms with Gasteiger partial charge >= 0.3 is 0 Å². The third kappa shape index (κ3) is 9.50. The zero-order valence-corrected chi connectivity index (χ0v) is 23.3. The summed E-state index contributed by atoms with van der Waals surface area (Å²) in [6.07, 6.45) is 13.1. The number of aryl methyl sites for hydroxylation is 2. The molecule has 3 nitrogen and oxygen atoms in total. The fourth-order valence-electron chi connectivity index (χ4n) is 5.28. The summed E-state index contributed by atoms with van der Waals surface area (Å²) in [4.78, 5) is 4.57. The number of pyridine rings is 1. The van der Waals surface area contributed by atoms with Crippen molar-refractivity contribution in [2.45, 2.75) is 105 Å². The Bertz CT molecular complexity index is 897. The molecular weight excluding hydrogens is 428 g/mol. The summed E-state index contributed by atoms with van der Waals surface area (Å²) < 4.78 is 6.35. The van der Waals surface area contributed by atoms with Crippen LogP contribution in [0.1, 0.15) is 109 Å². The molecule has 1 heterocycles. The summed E-state index contributed by atoms with van der Waals surface area (Å²) in [5.74, 6) is 3.20. The summed E-state index contributed by atoms with van der Waals surface area (Å²) >= 11 is 0. The Hall–Kier alpha value is -2.03. The van der Waals surface area contributed by atoms with Crippen LogP contribution in [-0.2, 0) is 6.42 Å². The number of rotatable bonds is 15. The van der Waals surface area contributed by atoms with Crippen LogP contribution < -0.4 is 10.1 Å². The SMILES string of the molecule is CCCC(CCNc1cc(C)ncc1CCCC(C)(C)C)COc1cccc(C(CC)C2CC2)c1. The molecule has 1 aromatic heterocycles. The van der Waals surface area contributed by atoms with E-state index in [0.717, 1.165) is 43.4 Å². The Morgan fingerprint density at radius 1 is 1.11 bits per heavy atom. The molecule has 1 aromatic carbocycles. The van der Waals surface area contributed by atoms with E-state index in [1.807, 2.05) is 0 Å². The van der Waals surface area contributed by atoms with Crippen molar-refractivity contribution in [1.29, 1.82) is 0 Å². The first-order valence-electron chi connectivity index (χ1n) is 14.2. The Morgan fingerprint density at radius 2 is 1.91 bits per heavy atom. The minimum absolute atomic E-state index is 0.383. The molecule has 1 saturated carbocycles. The van der Waals surface area contributed by atoms with E-state index >= 15 is 0 Å². The lowest BCUT2D eigenvalue weighted by Crippen LogP contribution is -2.17. The Kier molecular flexibility index (Phi) is 10.5. The molecule has 0 bridgehead atoms. The molecule has 0 aliphatic heterocycles. The number of nitrogens with one attached hydrogen (secondary N) is 1. The van der Waals surface area contributed by atoms with Crippen molar-refractivity contribution < 1.29 is 4.74 Å². The summed E-state index contributed by atoms with van der Waals surface area (Å²) in [6.45, 7) is 15.4. The quantitative estimate of drug-likeness (QED) is 0.277. The normalized spacial score (nSPS) is 15.6. The van der Waals surface area contributed by atoms with Crippen LogP contribution in [0.15, 0.2) is 36.5 Å². The molecule has 2 unspecified atom stereocenters. The van der Waals surface area contributed by atoms with Gasteiger partial charge in [-0.2, -0.15) is 0 Å². The standard InChI is InChI=1S/C32H50N2O/c1-7-11-25(23-35-29-14-9-12-27(21-29)30(8-2)26-15-16-26)17-19-33-31-20-24(3)34-22-28(31)13-10-18-32(4,5)6/h9,12,14,20-22,25-26,30H,7-8,10-11,13,15-19,23H2,1-6H3,(H,33,34). The first-order valence-corrected chi connectivity index (χ1v) is 14.2. The second kappa shape index (κ2) is 13.3. The van der Waals surface area contributed by atoms with E-state index in [4.69, 9.17) is 4.74 Å². The van der Waals surface area contributed by atoms with Crippen LogP contribution >= 0.6 is 0 Å². The van der Waals surface area contributed by atoms with Crippen molar-refractivity contribution in [2.24, 2.45) is 17.3 Å². The van der Waals surface area contributed by atoms with Crippen molar-refractivity contribution in [1.82, 2.24) is 4.98 Å². The predicted octanol–water partition coefficient (Wildman–Crippen LogP) is 8.96. The molecule has 0 spiro atoms. The van der Waals surface area contributed by atoms with Gasteiger partial charge in [-0.25, -0.2) is 0 Å². The Labute approximate surface area is 215 Å². The average Bonchev–Trinajstić information content (AvgIpc) is 3.64. The molecule has 2 aromatic rings. The maximum Gasteiger partial charge on any atom is 0.119 e. The summed E-state index contributed by atoms with van der Waals surface area (Å²) in [5, 5.41) is 3.74. The van der Waals surface area contributed by atoms with Crippen molar-refractivity contribution >= 4 is 5.69 Å². The third-order valence-electron chi connectivity index (χ3n) is 7.46. The maximum atomic E-state index is 6.35. The highest BCUT2D eigenvalue weighted by Gasteiger charge is 2.31. The molecule has 0 amide bonds. The van der Waals surface area contributed by atoms with E-state index in [1.54, 1.807) is 0 Å². The molecule has 0 radical (unpaired) electrons. The van der Waals surface area contributed by atoms with E-state index in [1.165, 1.54) is 61.8 Å². The monoisotopic (exact) mass is 478 g/mol. The lowest BCUT2D eigenvalue weighted by molar-refractivity contribution is 0.233. The largest absolute Gasteiger partial charge is 0.493 e. The Morgan fingerprint density at radius 3 is 2.60 bits per heavy atom. The van der Waals surface area contributed by atoms with Gasteiger partial charge in [0.25, 0.3) is 0 Å². The van der Waals surface area contributed by atoms with Gasteiger partial charge < -0.3 is 10.1 Å². The second-order valence-electron chi connectivity index (χ2n) is 12.0. The zero-order chi connectivity index (χ0) is 25.3. The van der Waals surface area contributed by atoms with Crippen LogP contribution in [-0.4, -0.2) is 18.1 Å². The maximum absolute atomic E-state index is 6.35. The number of aromatic nitrogens is 1. The number of benzene rings is 1. The first-order chi connectivity index (χ1) is 16.8. The highest BCUT2D eigenvalue weighted by molar-refractivity contribution is 5.51. The third-order valence-corrected chi connectivity index (χ3v) is 7.46. The van der Waals surface area contributed by atoms with Crippen molar-refractivity contribution in [3.63, 3.8) is 0 Å². The minimum Gasteiger partial charge on any atom is -0.493 e. The van der Waals surface area contributed by atoms with Crippen LogP contribution in [0, 0.1) is 24.2 Å². The topological polar surface area (TPSA) is 34.2 Å². The molecule has 1 aliphatic carbocycles. The first kappa shape index (κ1) is 27.6. The van der Waals surface area contributed by atoms with Crippen molar-refractivity contribution in [3.05, 3.63) is 53.3 Å². The van der Waals surface area contributed by atoms with Gasteiger partial charge in [-0.1, -0.05) is 53.2 Å². The highest BCUT2D eigenvalue weighted by atomic mass is 16.5. The van der Waals surface area contributed by atoms with Gasteiger partial charge in [-0.05, 0) is 111 Å². The van der Waals surface area contributed by atoms with Gasteiger partial charge in [-0.3, -0.25) is 4.98 Å². The number of nitrogens with zero attached hydrogens (tertiary/aromatic N) is 1. The lowest BCUT2D eigenvalue weighted by Gasteiger charge is -2.21. The molecule has 35 heavy (non-hydrogen) atoms. The summed E-state index contributed by atoms with van der Waals surface area (Å²) in [6, 6.07) is 11.1. The van der Waals surface area contributed by atoms with Crippen molar-refractivity contribution in [3.8, 4) is 5.75 Å². The molecule has 2 atom stereocenters. The Balaban J connectivity index is 1.52. The molecule has 1 N–H and O–H groups in total. The lowest BCUT2D eigenvalue weighted by atomic mass is 9.89. The minimum atomic E-state index is 0.383. The van der Waals surface area contributed by atoms with E-state index in [-0.39, 0.29) is 0 Å². The average molecular weight is 479 g/mol. The molecular formula is C32H50N2O. The summed E-state index contributed by atoms with van der Waals surface area (Å²) in [7, 11) is 0. The predicted molar refractivity (Wildman–Crippen MR) is 151 cm³/mol. The molecule has 0 saturated heterocycles. The van der Waals surface area contributed by atoms with Crippen molar-refractivity contribution in [2.75, 3.05) is 18.5 Å². The number of ether oxygens (including phenoxy) is 1. The molecule has 1 aliphatic rings. The van der Waals surface area contributed by atoms with E-state index < -0.39 is 0 Å². The second-order valence-corrected chi connectivity index (χ2v) is 12.0. The molecule has 1 fully saturated rings. The molecule has 194 valence electrons. The molecule has 3 heteroatoms. The van der Waals surface area contributed by atoms with Crippen LogP contribution in [0.2, 0.25) is 0 Å². The van der Waals surface area contributed by atoms with Gasteiger partial charge in [-0.15, -0.1) is 0 Å². The van der Waals surface area contributed by atoms with Crippen LogP contribution in [0.3, 0.4) is 0 Å². The fourth-order valence-corrected chi connectivity index (χ4v) is 5.28. The van der Waals surface area contributed by atoms with Gasteiger partial charge in [0, 0.05) is 24.1 Å². The number of anilines is 1. The fraction of sp³-hybridized carbons (Fsp3) is 0.656. The zero-order valence-electron chi connectivity index (χ0n) is 23.3. The molecule has 3 rings (SSSR count). The van der Waals surface area contributed by atoms with Gasteiger partial charge in [0.1, 0.15) is 5.75 Å². The van der Waals surface area contributed by atoms with E-state index in [9.17, 15) is 0 Å². The van der Waals surface area contributed by atoms with E-state index in [2.05, 4.69) is 88.4 Å². The highest BCUT2D eigenvalue weighted by Crippen LogP contribution is 2.44. The van der Waals surface area contributed by atoms with Crippen LogP contribution in [0.5, 0.6) is 5.75 Å². The number of hydrogen-bond donors (Lipinski definition) is 1.